The smallest absolute Gasteiger partial charge is 0.341 e. The monoisotopic (exact) mass is 446 g/mol. The third-order valence-corrected chi connectivity index (χ3v) is 5.23. The van der Waals surface area contributed by atoms with Crippen LogP contribution in [0.3, 0.4) is 0 Å². The zero-order valence-electron chi connectivity index (χ0n) is 15.7. The number of aliphatic hydroxyl groups excluding tert-OH is 4. The number of hydrogen-bond donors (Lipinski definition) is 4. The van der Waals surface area contributed by atoms with Gasteiger partial charge in [0, 0.05) is 6.42 Å². The molecule has 1 aliphatic heterocycles. The zero-order valence-corrected chi connectivity index (χ0v) is 17.6. The summed E-state index contributed by atoms with van der Waals surface area (Å²) in [6.07, 6.45) is -7.07. The van der Waals surface area contributed by atoms with Crippen LogP contribution < -0.4 is 0 Å². The van der Waals surface area contributed by atoms with Gasteiger partial charge in [-0.2, -0.15) is 0 Å². The maximum Gasteiger partial charge on any atom is 0.341 e. The average molecular weight is 447 g/mol. The van der Waals surface area contributed by atoms with Crippen LogP contribution in [-0.4, -0.2) is 87.3 Å². The Morgan fingerprint density at radius 1 is 1.14 bits per heavy atom. The molecule has 0 aromatic carbocycles. The van der Waals surface area contributed by atoms with E-state index in [-0.39, 0.29) is 13.0 Å². The summed E-state index contributed by atoms with van der Waals surface area (Å²) in [4.78, 5) is 22.3. The van der Waals surface area contributed by atoms with Crippen LogP contribution in [0.15, 0.2) is 0 Å². The molecule has 0 amide bonds. The van der Waals surface area contributed by atoms with Crippen LogP contribution in [0.1, 0.15) is 33.1 Å². The van der Waals surface area contributed by atoms with Gasteiger partial charge in [0.25, 0.3) is 0 Å². The van der Waals surface area contributed by atoms with E-state index in [2.05, 4.69) is 4.52 Å². The van der Waals surface area contributed by atoms with Gasteiger partial charge in [-0.25, -0.2) is 9.59 Å². The van der Waals surface area contributed by atoms with Crippen molar-refractivity contribution in [3.05, 3.63) is 0 Å². The molecule has 0 aliphatic carbocycles. The number of esters is 1. The normalized spacial score (nSPS) is 30.0. The topological polar surface area (TPSA) is 152 Å². The van der Waals surface area contributed by atoms with Gasteiger partial charge in [0.15, 0.2) is 6.29 Å². The zero-order chi connectivity index (χ0) is 21.5. The van der Waals surface area contributed by atoms with Crippen molar-refractivity contribution in [3.8, 4) is 0 Å². The van der Waals surface area contributed by atoms with Crippen molar-refractivity contribution >= 4 is 33.0 Å². The van der Waals surface area contributed by atoms with Crippen molar-refractivity contribution in [2.75, 3.05) is 13.2 Å². The number of ether oxygens (including phenoxy) is 3. The van der Waals surface area contributed by atoms with Crippen LogP contribution in [-0.2, 0) is 28.3 Å². The summed E-state index contributed by atoms with van der Waals surface area (Å²) in [7, 11) is 1.70. The highest BCUT2D eigenvalue weighted by atomic mass is 35.5. The Morgan fingerprint density at radius 3 is 2.25 bits per heavy atom. The van der Waals surface area contributed by atoms with E-state index >= 15 is 0 Å². The van der Waals surface area contributed by atoms with Crippen LogP contribution in [0, 0.1) is 0 Å². The van der Waals surface area contributed by atoms with E-state index in [1.165, 1.54) is 0 Å². The number of aliphatic hydroxyl groups is 4. The summed E-state index contributed by atoms with van der Waals surface area (Å²) < 4.78 is 20.2. The van der Waals surface area contributed by atoms with E-state index in [0.29, 0.717) is 12.8 Å². The van der Waals surface area contributed by atoms with Gasteiger partial charge in [-0.05, 0) is 12.8 Å². The summed E-state index contributed by atoms with van der Waals surface area (Å²) in [5.74, 6) is -2.06. The predicted molar refractivity (Wildman–Crippen MR) is 99.2 cm³/mol. The van der Waals surface area contributed by atoms with Gasteiger partial charge in [-0.3, -0.25) is 0 Å². The van der Waals surface area contributed by atoms with E-state index in [4.69, 9.17) is 30.9 Å². The van der Waals surface area contributed by atoms with Crippen LogP contribution >= 0.6 is 21.1 Å². The second-order valence-corrected chi connectivity index (χ2v) is 7.25. The average Bonchev–Trinajstić information content (AvgIpc) is 2.70. The Hall–Kier alpha value is -0.580. The van der Waals surface area contributed by atoms with Gasteiger partial charge in [0.05, 0.1) is 22.7 Å². The molecule has 0 radical (unpaired) electrons. The van der Waals surface area contributed by atoms with E-state index in [1.54, 1.807) is 9.47 Å². The van der Waals surface area contributed by atoms with Crippen molar-refractivity contribution in [2.24, 2.45) is 0 Å². The summed E-state index contributed by atoms with van der Waals surface area (Å²) in [5, 5.41) is 38.6. The van der Waals surface area contributed by atoms with E-state index in [0.717, 1.165) is 0 Å². The molecular weight excluding hydrogens is 419 g/mol. The fourth-order valence-corrected chi connectivity index (χ4v) is 3.04. The minimum Gasteiger partial charge on any atom is -0.461 e. The van der Waals surface area contributed by atoms with Crippen molar-refractivity contribution in [1.29, 1.82) is 0 Å². The van der Waals surface area contributed by atoms with E-state index < -0.39 is 60.2 Å². The minimum atomic E-state index is -2.18. The summed E-state index contributed by atoms with van der Waals surface area (Å²) >= 11 is 6.19. The van der Waals surface area contributed by atoms with Crippen molar-refractivity contribution in [2.45, 2.75) is 74.8 Å². The molecule has 1 saturated heterocycles. The van der Waals surface area contributed by atoms with E-state index in [1.807, 2.05) is 13.8 Å². The molecule has 164 valence electrons. The Morgan fingerprint density at radius 2 is 1.75 bits per heavy atom. The van der Waals surface area contributed by atoms with Crippen LogP contribution in [0.25, 0.3) is 0 Å². The second-order valence-electron chi connectivity index (χ2n) is 6.37. The molecule has 3 unspecified atom stereocenters. The maximum atomic E-state index is 12.4. The van der Waals surface area contributed by atoms with E-state index in [9.17, 15) is 24.9 Å². The minimum absolute atomic E-state index is 0.357. The second kappa shape index (κ2) is 11.6. The molecule has 12 heteroatoms. The fourth-order valence-electron chi connectivity index (χ4n) is 2.60. The number of carbonyl (C=O) groups excluding carboxylic acids is 2. The number of halogens is 1. The quantitative estimate of drug-likeness (QED) is 0.146. The Kier molecular flexibility index (Phi) is 10.5. The third-order valence-electron chi connectivity index (χ3n) is 4.52. The third kappa shape index (κ3) is 5.96. The lowest BCUT2D eigenvalue weighted by molar-refractivity contribution is -0.301. The van der Waals surface area contributed by atoms with Gasteiger partial charge in [-0.1, -0.05) is 25.4 Å². The molecule has 1 fully saturated rings. The molecule has 0 saturated carbocycles. The fraction of sp³-hybridized carbons (Fsp3) is 0.875. The van der Waals surface area contributed by atoms with Crippen molar-refractivity contribution in [1.82, 2.24) is 0 Å². The van der Waals surface area contributed by atoms with Crippen LogP contribution in [0.5, 0.6) is 0 Å². The first-order chi connectivity index (χ1) is 13.2. The molecule has 0 aromatic rings. The van der Waals surface area contributed by atoms with Gasteiger partial charge in [-0.15, -0.1) is 0 Å². The molecule has 4 N–H and O–H groups in total. The number of alkyl halides is 1. The SMILES string of the molecule is CCC(CC)OC(=O)C(Cl)(CCOC1O[C@H](CO)[C@@H](O)[C@H](O)[C@H]1O)C(=O)OP. The first-order valence-electron chi connectivity index (χ1n) is 8.89. The summed E-state index contributed by atoms with van der Waals surface area (Å²) in [6, 6.07) is 0. The highest BCUT2D eigenvalue weighted by molar-refractivity contribution is 7.11. The molecule has 1 aliphatic rings. The predicted octanol–water partition coefficient (Wildman–Crippen LogP) is -0.764. The summed E-state index contributed by atoms with van der Waals surface area (Å²) in [5.41, 5.74) is 0. The first kappa shape index (κ1) is 25.5. The van der Waals surface area contributed by atoms with Gasteiger partial charge >= 0.3 is 11.9 Å². The lowest BCUT2D eigenvalue weighted by Crippen LogP contribution is -2.59. The number of hydrogen-bond acceptors (Lipinski definition) is 10. The van der Waals surface area contributed by atoms with Gasteiger partial charge in [0.1, 0.15) is 30.5 Å². The molecule has 0 aromatic heterocycles. The Balaban J connectivity index is 2.78. The largest absolute Gasteiger partial charge is 0.461 e. The van der Waals surface area contributed by atoms with Gasteiger partial charge in [0.2, 0.25) is 4.87 Å². The molecule has 28 heavy (non-hydrogen) atoms. The highest BCUT2D eigenvalue weighted by Crippen LogP contribution is 2.28. The Bertz CT molecular complexity index is 518. The lowest BCUT2D eigenvalue weighted by Gasteiger charge is -2.39. The number of carbonyl (C=O) groups is 2. The molecular formula is C16H28ClO10P. The standard InChI is InChI=1S/C16H28ClO10P/c1-3-8(4-2)25-14(22)16(17,15(23)27-28)5-6-24-13-12(21)11(20)10(19)9(7-18)26-13/h8-13,18-21H,3-7,28H2,1-2H3/t9-,10-,11+,12-,13?,16?/m1/s1. The van der Waals surface area contributed by atoms with Gasteiger partial charge < -0.3 is 39.2 Å². The molecule has 1 heterocycles. The van der Waals surface area contributed by atoms with Crippen LogP contribution in [0.4, 0.5) is 0 Å². The van der Waals surface area contributed by atoms with Crippen molar-refractivity contribution < 1.29 is 48.7 Å². The highest BCUT2D eigenvalue weighted by Gasteiger charge is 2.49. The molecule has 0 bridgehead atoms. The number of rotatable bonds is 10. The molecule has 7 atom stereocenters. The Labute approximate surface area is 170 Å². The lowest BCUT2D eigenvalue weighted by atomic mass is 9.99. The maximum absolute atomic E-state index is 12.4. The molecule has 1 rings (SSSR count). The van der Waals surface area contributed by atoms with Crippen molar-refractivity contribution in [3.63, 3.8) is 0 Å². The summed E-state index contributed by atoms with van der Waals surface area (Å²) in [6.45, 7) is 2.65. The molecule has 10 nitrogen and oxygen atoms in total. The molecule has 0 spiro atoms. The first-order valence-corrected chi connectivity index (χ1v) is 9.74. The van der Waals surface area contributed by atoms with Crippen LogP contribution in [0.2, 0.25) is 0 Å².